The minimum atomic E-state index is -1.67. The van der Waals surface area contributed by atoms with Gasteiger partial charge in [-0.25, -0.2) is 9.67 Å². The first kappa shape index (κ1) is 18.7. The maximum atomic E-state index is 12.5. The highest BCUT2D eigenvalue weighted by atomic mass is 16.5. The van der Waals surface area contributed by atoms with Gasteiger partial charge in [0.05, 0.1) is 17.3 Å². The number of likely N-dealkylation sites (tertiary alicyclic amines) is 1. The lowest BCUT2D eigenvalue weighted by Gasteiger charge is -2.29. The van der Waals surface area contributed by atoms with Crippen molar-refractivity contribution in [1.29, 1.82) is 0 Å². The molecule has 5 rings (SSSR count). The summed E-state index contributed by atoms with van der Waals surface area (Å²) in [5.41, 5.74) is 0.155. The summed E-state index contributed by atoms with van der Waals surface area (Å²) in [5.74, 6) is -0.185. The largest absolute Gasteiger partial charge is 0.373 e. The molecular weight excluding hydrogens is 382 g/mol. The molecular formula is C22H23N5O3. The molecule has 1 aliphatic heterocycles. The van der Waals surface area contributed by atoms with Crippen molar-refractivity contribution in [1.82, 2.24) is 24.8 Å². The minimum Gasteiger partial charge on any atom is -0.373 e. The van der Waals surface area contributed by atoms with Crippen LogP contribution in [0.2, 0.25) is 0 Å². The lowest BCUT2D eigenvalue weighted by molar-refractivity contribution is -0.144. The van der Waals surface area contributed by atoms with Crippen molar-refractivity contribution in [3.05, 3.63) is 65.8 Å². The smallest absolute Gasteiger partial charge is 0.262 e. The van der Waals surface area contributed by atoms with Crippen LogP contribution in [0, 0.1) is 0 Å². The number of hydrogen-bond acceptors (Lipinski definition) is 6. The van der Waals surface area contributed by atoms with E-state index in [-0.39, 0.29) is 18.1 Å². The van der Waals surface area contributed by atoms with E-state index in [1.165, 1.54) is 4.90 Å². The van der Waals surface area contributed by atoms with Crippen molar-refractivity contribution >= 4 is 16.9 Å². The molecule has 0 radical (unpaired) electrons. The first-order valence-electron chi connectivity index (χ1n) is 10.1. The second-order valence-corrected chi connectivity index (χ2v) is 7.97. The van der Waals surface area contributed by atoms with E-state index >= 15 is 0 Å². The van der Waals surface area contributed by atoms with E-state index in [1.807, 2.05) is 36.2 Å². The second kappa shape index (κ2) is 6.63. The summed E-state index contributed by atoms with van der Waals surface area (Å²) in [7, 11) is 1.67. The van der Waals surface area contributed by atoms with Gasteiger partial charge in [0.15, 0.2) is 11.4 Å². The first-order chi connectivity index (χ1) is 14.5. The molecule has 3 aromatic rings. The number of carbonyl (C=O) groups is 1. The number of likely N-dealkylation sites (N-methyl/N-ethyl adjacent to an activating group) is 1. The summed E-state index contributed by atoms with van der Waals surface area (Å²) >= 11 is 0. The fourth-order valence-electron chi connectivity index (χ4n) is 4.38. The zero-order valence-corrected chi connectivity index (χ0v) is 16.9. The molecule has 2 unspecified atom stereocenters. The molecule has 2 atom stereocenters. The number of pyridine rings is 1. The number of carbonyl (C=O) groups excluding carboxylic acids is 1. The average molecular weight is 405 g/mol. The van der Waals surface area contributed by atoms with E-state index in [4.69, 9.17) is 4.52 Å². The van der Waals surface area contributed by atoms with Crippen LogP contribution >= 0.6 is 0 Å². The molecule has 0 saturated carbocycles. The summed E-state index contributed by atoms with van der Waals surface area (Å²) < 4.78 is 7.39. The second-order valence-electron chi connectivity index (χ2n) is 7.97. The van der Waals surface area contributed by atoms with Gasteiger partial charge < -0.3 is 14.5 Å². The Labute approximate surface area is 173 Å². The third-order valence-electron chi connectivity index (χ3n) is 6.24. The van der Waals surface area contributed by atoms with Gasteiger partial charge in [0.2, 0.25) is 5.60 Å². The van der Waals surface area contributed by atoms with E-state index in [1.54, 1.807) is 13.1 Å². The van der Waals surface area contributed by atoms with E-state index in [9.17, 15) is 9.90 Å². The number of amides is 1. The van der Waals surface area contributed by atoms with Crippen molar-refractivity contribution in [2.45, 2.75) is 37.3 Å². The Balaban J connectivity index is 1.61. The molecule has 1 aliphatic carbocycles. The molecule has 4 heterocycles. The number of allylic oxidation sites excluding steroid dienone is 4. The standard InChI is InChI=1S/C22H23N5O3/c1-3-27-19-15(13-24-27)11-16(14-23-19)21(7-5-4-6-8-21)17-12-18(30-25-17)22(29)9-10-26(2)20(22)28/h4-7,11-14,29H,3,8-10H2,1-2H3. The summed E-state index contributed by atoms with van der Waals surface area (Å²) in [6, 6.07) is 3.78. The van der Waals surface area contributed by atoms with Crippen LogP contribution in [0.25, 0.3) is 11.0 Å². The van der Waals surface area contributed by atoms with Crippen LogP contribution in [-0.2, 0) is 22.4 Å². The van der Waals surface area contributed by atoms with Crippen LogP contribution < -0.4 is 0 Å². The van der Waals surface area contributed by atoms with Crippen LogP contribution in [0.4, 0.5) is 0 Å². The van der Waals surface area contributed by atoms with Gasteiger partial charge in [-0.15, -0.1) is 0 Å². The van der Waals surface area contributed by atoms with Crippen molar-refractivity contribution in [2.24, 2.45) is 0 Å². The minimum absolute atomic E-state index is 0.182. The van der Waals surface area contributed by atoms with Gasteiger partial charge >= 0.3 is 0 Å². The van der Waals surface area contributed by atoms with Gasteiger partial charge in [-0.3, -0.25) is 4.79 Å². The van der Waals surface area contributed by atoms with Gasteiger partial charge in [0.25, 0.3) is 5.91 Å². The number of hydrogen-bond donors (Lipinski definition) is 1. The predicted molar refractivity (Wildman–Crippen MR) is 110 cm³/mol. The highest BCUT2D eigenvalue weighted by molar-refractivity contribution is 5.87. The number of nitrogens with zero attached hydrogens (tertiary/aromatic N) is 5. The van der Waals surface area contributed by atoms with Gasteiger partial charge in [-0.1, -0.05) is 29.5 Å². The molecule has 8 heteroatoms. The SMILES string of the molecule is CCn1ncc2cc(C3(c4cc(C5(O)CCN(C)C5=O)on4)C=CC=CC3)cnc21. The topological polar surface area (TPSA) is 97.3 Å². The third-order valence-corrected chi connectivity index (χ3v) is 6.24. The van der Waals surface area contributed by atoms with Crippen LogP contribution in [0.15, 0.2) is 53.4 Å². The molecule has 1 fully saturated rings. The molecule has 3 aromatic heterocycles. The lowest BCUT2D eigenvalue weighted by atomic mass is 9.73. The molecule has 8 nitrogen and oxygen atoms in total. The monoisotopic (exact) mass is 405 g/mol. The molecule has 1 amide bonds. The summed E-state index contributed by atoms with van der Waals surface area (Å²) in [6.07, 6.45) is 12.7. The number of aromatic nitrogens is 4. The molecule has 1 saturated heterocycles. The van der Waals surface area contributed by atoms with Crippen molar-refractivity contribution in [3.8, 4) is 0 Å². The summed E-state index contributed by atoms with van der Waals surface area (Å²) in [5, 5.41) is 20.6. The van der Waals surface area contributed by atoms with Crippen molar-refractivity contribution < 1.29 is 14.4 Å². The van der Waals surface area contributed by atoms with E-state index in [0.29, 0.717) is 18.7 Å². The Hall–Kier alpha value is -3.26. The quantitative estimate of drug-likeness (QED) is 0.715. The molecule has 154 valence electrons. The highest BCUT2D eigenvalue weighted by Gasteiger charge is 2.49. The maximum Gasteiger partial charge on any atom is 0.262 e. The van der Waals surface area contributed by atoms with E-state index in [0.717, 1.165) is 23.1 Å². The Morgan fingerprint density at radius 1 is 1.27 bits per heavy atom. The van der Waals surface area contributed by atoms with Gasteiger partial charge in [-0.2, -0.15) is 5.10 Å². The number of aliphatic hydroxyl groups is 1. The Morgan fingerprint density at radius 3 is 2.83 bits per heavy atom. The van der Waals surface area contributed by atoms with E-state index < -0.39 is 11.0 Å². The number of aryl methyl sites for hydroxylation is 1. The maximum absolute atomic E-state index is 12.5. The van der Waals surface area contributed by atoms with Crippen molar-refractivity contribution in [2.75, 3.05) is 13.6 Å². The van der Waals surface area contributed by atoms with E-state index in [2.05, 4.69) is 33.5 Å². The van der Waals surface area contributed by atoms with Gasteiger partial charge in [0, 0.05) is 44.2 Å². The summed E-state index contributed by atoms with van der Waals surface area (Å²) in [4.78, 5) is 18.6. The third kappa shape index (κ3) is 2.56. The van der Waals surface area contributed by atoms with Crippen LogP contribution in [-0.4, -0.2) is 49.4 Å². The fraction of sp³-hybridized carbons (Fsp3) is 0.364. The Bertz CT molecular complexity index is 1190. The molecule has 2 aliphatic rings. The molecule has 1 N–H and O–H groups in total. The lowest BCUT2D eigenvalue weighted by Crippen LogP contribution is -2.35. The zero-order chi connectivity index (χ0) is 20.9. The Kier molecular flexibility index (Phi) is 4.14. The average Bonchev–Trinajstić information content (AvgIpc) is 3.49. The molecule has 0 spiro atoms. The van der Waals surface area contributed by atoms with Gasteiger partial charge in [0.1, 0.15) is 0 Å². The fourth-order valence-corrected chi connectivity index (χ4v) is 4.38. The van der Waals surface area contributed by atoms with Crippen LogP contribution in [0.3, 0.4) is 0 Å². The van der Waals surface area contributed by atoms with Crippen LogP contribution in [0.1, 0.15) is 36.8 Å². The number of fused-ring (bicyclic) bond motifs is 1. The Morgan fingerprint density at radius 2 is 2.13 bits per heavy atom. The first-order valence-corrected chi connectivity index (χ1v) is 10.1. The van der Waals surface area contributed by atoms with Crippen LogP contribution in [0.5, 0.6) is 0 Å². The predicted octanol–water partition coefficient (Wildman–Crippen LogP) is 2.29. The normalized spacial score (nSPS) is 26.2. The molecule has 0 bridgehead atoms. The zero-order valence-electron chi connectivity index (χ0n) is 16.9. The van der Waals surface area contributed by atoms with Crippen molar-refractivity contribution in [3.63, 3.8) is 0 Å². The van der Waals surface area contributed by atoms with Gasteiger partial charge in [-0.05, 0) is 25.0 Å². The highest BCUT2D eigenvalue weighted by Crippen LogP contribution is 2.42. The molecule has 30 heavy (non-hydrogen) atoms. The summed E-state index contributed by atoms with van der Waals surface area (Å²) in [6.45, 7) is 3.25. The molecule has 0 aromatic carbocycles. The number of rotatable bonds is 4.